The van der Waals surface area contributed by atoms with Gasteiger partial charge in [-0.2, -0.15) is 5.10 Å². The molecule has 0 spiro atoms. The number of aliphatic hydroxyl groups is 1. The molecule has 1 aromatic carbocycles. The Morgan fingerprint density at radius 3 is 2.57 bits per heavy atom. The molecule has 124 valence electrons. The summed E-state index contributed by atoms with van der Waals surface area (Å²) in [5, 5.41) is 16.5. The number of amides is 1. The van der Waals surface area contributed by atoms with E-state index in [9.17, 15) is 4.79 Å². The van der Waals surface area contributed by atoms with Crippen LogP contribution in [0.15, 0.2) is 36.5 Å². The molecule has 2 aromatic rings. The highest BCUT2D eigenvalue weighted by Gasteiger charge is 2.19. The zero-order chi connectivity index (χ0) is 16.8. The molecule has 2 N–H and O–H groups in total. The Morgan fingerprint density at radius 1 is 1.30 bits per heavy atom. The summed E-state index contributed by atoms with van der Waals surface area (Å²) in [6.45, 7) is 6.10. The van der Waals surface area contributed by atoms with Crippen molar-refractivity contribution < 1.29 is 9.90 Å². The zero-order valence-corrected chi connectivity index (χ0v) is 14.0. The Bertz CT molecular complexity index is 635. The van der Waals surface area contributed by atoms with Gasteiger partial charge in [0, 0.05) is 18.3 Å². The molecule has 1 unspecified atom stereocenters. The van der Waals surface area contributed by atoms with E-state index in [4.69, 9.17) is 5.11 Å². The van der Waals surface area contributed by atoms with Crippen LogP contribution < -0.4 is 5.32 Å². The van der Waals surface area contributed by atoms with Crippen LogP contribution >= 0.6 is 0 Å². The topological polar surface area (TPSA) is 67.2 Å². The summed E-state index contributed by atoms with van der Waals surface area (Å²) in [6.07, 6.45) is 2.96. The summed E-state index contributed by atoms with van der Waals surface area (Å²) < 4.78 is 1.85. The second-order valence-corrected chi connectivity index (χ2v) is 5.98. The molecule has 1 aromatic heterocycles. The van der Waals surface area contributed by atoms with Gasteiger partial charge in [-0.15, -0.1) is 0 Å². The fourth-order valence-electron chi connectivity index (χ4n) is 2.71. The number of nitrogens with one attached hydrogen (secondary N) is 1. The van der Waals surface area contributed by atoms with Gasteiger partial charge in [0.05, 0.1) is 17.8 Å². The second-order valence-electron chi connectivity index (χ2n) is 5.98. The smallest absolute Gasteiger partial charge is 0.255 e. The summed E-state index contributed by atoms with van der Waals surface area (Å²) in [4.78, 5) is 12.6. The minimum Gasteiger partial charge on any atom is -0.396 e. The molecule has 23 heavy (non-hydrogen) atoms. The molecule has 2 rings (SSSR count). The highest BCUT2D eigenvalue weighted by atomic mass is 16.3. The van der Waals surface area contributed by atoms with Crippen LogP contribution in [0.1, 0.15) is 60.4 Å². The number of hydrogen-bond acceptors (Lipinski definition) is 3. The van der Waals surface area contributed by atoms with Gasteiger partial charge in [0.2, 0.25) is 0 Å². The van der Waals surface area contributed by atoms with E-state index in [1.54, 1.807) is 6.20 Å². The summed E-state index contributed by atoms with van der Waals surface area (Å²) in [5.41, 5.74) is 2.51. The van der Waals surface area contributed by atoms with Crippen LogP contribution in [0.5, 0.6) is 0 Å². The Balaban J connectivity index is 2.17. The van der Waals surface area contributed by atoms with Crippen LogP contribution in [-0.2, 0) is 0 Å². The molecule has 0 aliphatic carbocycles. The quantitative estimate of drug-likeness (QED) is 0.825. The third kappa shape index (κ3) is 4.20. The highest BCUT2D eigenvalue weighted by molar-refractivity contribution is 5.95. The standard InChI is InChI=1S/C18H25N3O2/c1-13(2)21-14(3)16(12-19-21)18(23)20-17(10-7-11-22)15-8-5-4-6-9-15/h4-6,8-9,12-13,17,22H,7,10-11H2,1-3H3,(H,20,23). The second kappa shape index (κ2) is 7.92. The number of carbonyl (C=O) groups excluding carboxylic acids is 1. The molecule has 1 heterocycles. The van der Waals surface area contributed by atoms with Crippen LogP contribution in [0.2, 0.25) is 0 Å². The van der Waals surface area contributed by atoms with Crippen molar-refractivity contribution in [3.05, 3.63) is 53.3 Å². The average Bonchev–Trinajstić information content (AvgIpc) is 2.94. The van der Waals surface area contributed by atoms with Gasteiger partial charge in [-0.25, -0.2) is 0 Å². The van der Waals surface area contributed by atoms with Crippen LogP contribution in [0.25, 0.3) is 0 Å². The summed E-state index contributed by atoms with van der Waals surface area (Å²) in [5.74, 6) is -0.124. The van der Waals surface area contributed by atoms with Crippen molar-refractivity contribution in [1.29, 1.82) is 0 Å². The third-order valence-electron chi connectivity index (χ3n) is 3.94. The van der Waals surface area contributed by atoms with E-state index in [1.807, 2.05) is 55.8 Å². The minimum absolute atomic E-state index is 0.113. The third-order valence-corrected chi connectivity index (χ3v) is 3.94. The first-order chi connectivity index (χ1) is 11.0. The van der Waals surface area contributed by atoms with Crippen LogP contribution in [0, 0.1) is 6.92 Å². The number of hydrogen-bond donors (Lipinski definition) is 2. The molecule has 5 heteroatoms. The Hall–Kier alpha value is -2.14. The van der Waals surface area contributed by atoms with Crippen molar-refractivity contribution in [2.75, 3.05) is 6.61 Å². The number of rotatable bonds is 7. The summed E-state index contributed by atoms with van der Waals surface area (Å²) in [6, 6.07) is 9.95. The lowest BCUT2D eigenvalue weighted by atomic mass is 10.0. The number of aromatic nitrogens is 2. The number of benzene rings is 1. The van der Waals surface area contributed by atoms with Crippen molar-refractivity contribution >= 4 is 5.91 Å². The lowest BCUT2D eigenvalue weighted by molar-refractivity contribution is 0.0931. The molecule has 0 fully saturated rings. The molecule has 0 saturated carbocycles. The van der Waals surface area contributed by atoms with Crippen LogP contribution in [-0.4, -0.2) is 27.4 Å². The average molecular weight is 315 g/mol. The number of nitrogens with zero attached hydrogens (tertiary/aromatic N) is 2. The van der Waals surface area contributed by atoms with E-state index in [1.165, 1.54) is 0 Å². The van der Waals surface area contributed by atoms with Gasteiger partial charge in [-0.3, -0.25) is 9.48 Å². The summed E-state index contributed by atoms with van der Waals surface area (Å²) in [7, 11) is 0. The largest absolute Gasteiger partial charge is 0.396 e. The molecular weight excluding hydrogens is 290 g/mol. The van der Waals surface area contributed by atoms with Crippen molar-refractivity contribution in [2.45, 2.75) is 45.7 Å². The fourth-order valence-corrected chi connectivity index (χ4v) is 2.71. The highest BCUT2D eigenvalue weighted by Crippen LogP contribution is 2.20. The maximum atomic E-state index is 12.6. The molecule has 0 aliphatic heterocycles. The predicted octanol–water partition coefficient (Wildman–Crippen LogP) is 3.02. The van der Waals surface area contributed by atoms with Gasteiger partial charge in [0.25, 0.3) is 5.91 Å². The molecule has 0 radical (unpaired) electrons. The molecular formula is C18H25N3O2. The lowest BCUT2D eigenvalue weighted by Crippen LogP contribution is -2.29. The van der Waals surface area contributed by atoms with Gasteiger partial charge in [-0.1, -0.05) is 30.3 Å². The molecule has 0 aliphatic rings. The number of carbonyl (C=O) groups is 1. The molecule has 0 saturated heterocycles. The Kier molecular flexibility index (Phi) is 5.93. The zero-order valence-electron chi connectivity index (χ0n) is 14.0. The fraction of sp³-hybridized carbons (Fsp3) is 0.444. The molecule has 1 amide bonds. The SMILES string of the molecule is Cc1c(C(=O)NC(CCCO)c2ccccc2)cnn1C(C)C. The van der Waals surface area contributed by atoms with E-state index in [0.717, 1.165) is 11.3 Å². The van der Waals surface area contributed by atoms with Gasteiger partial charge in [0.1, 0.15) is 0 Å². The van der Waals surface area contributed by atoms with E-state index in [0.29, 0.717) is 18.4 Å². The normalized spacial score (nSPS) is 12.4. The first-order valence-corrected chi connectivity index (χ1v) is 8.05. The van der Waals surface area contributed by atoms with Gasteiger partial charge in [0.15, 0.2) is 0 Å². The van der Waals surface area contributed by atoms with Crippen molar-refractivity contribution in [1.82, 2.24) is 15.1 Å². The maximum absolute atomic E-state index is 12.6. The van der Waals surface area contributed by atoms with E-state index in [-0.39, 0.29) is 24.6 Å². The lowest BCUT2D eigenvalue weighted by Gasteiger charge is -2.19. The first kappa shape index (κ1) is 17.2. The van der Waals surface area contributed by atoms with E-state index in [2.05, 4.69) is 10.4 Å². The van der Waals surface area contributed by atoms with Crippen molar-refractivity contribution in [3.63, 3.8) is 0 Å². The molecule has 1 atom stereocenters. The Morgan fingerprint density at radius 2 is 2.00 bits per heavy atom. The van der Waals surface area contributed by atoms with Crippen molar-refractivity contribution in [2.24, 2.45) is 0 Å². The maximum Gasteiger partial charge on any atom is 0.255 e. The first-order valence-electron chi connectivity index (χ1n) is 8.05. The van der Waals surface area contributed by atoms with Crippen LogP contribution in [0.4, 0.5) is 0 Å². The van der Waals surface area contributed by atoms with Gasteiger partial charge >= 0.3 is 0 Å². The Labute approximate surface area is 137 Å². The van der Waals surface area contributed by atoms with Crippen molar-refractivity contribution in [3.8, 4) is 0 Å². The summed E-state index contributed by atoms with van der Waals surface area (Å²) >= 11 is 0. The van der Waals surface area contributed by atoms with E-state index >= 15 is 0 Å². The molecule has 5 nitrogen and oxygen atoms in total. The monoisotopic (exact) mass is 315 g/mol. The molecule has 0 bridgehead atoms. The van der Waals surface area contributed by atoms with Crippen LogP contribution in [0.3, 0.4) is 0 Å². The van der Waals surface area contributed by atoms with Gasteiger partial charge in [-0.05, 0) is 39.2 Å². The number of aliphatic hydroxyl groups excluding tert-OH is 1. The predicted molar refractivity (Wildman–Crippen MR) is 90.3 cm³/mol. The minimum atomic E-state index is -0.124. The van der Waals surface area contributed by atoms with E-state index < -0.39 is 0 Å². The van der Waals surface area contributed by atoms with Gasteiger partial charge < -0.3 is 10.4 Å².